The zero-order valence-electron chi connectivity index (χ0n) is 18.5. The predicted octanol–water partition coefficient (Wildman–Crippen LogP) is 3.93. The van der Waals surface area contributed by atoms with Gasteiger partial charge in [0.25, 0.3) is 5.56 Å². The summed E-state index contributed by atoms with van der Waals surface area (Å²) >= 11 is 0. The number of nitrogens with one attached hydrogen (secondary N) is 2. The Morgan fingerprint density at radius 3 is 2.75 bits per heavy atom. The van der Waals surface area contributed by atoms with Crippen molar-refractivity contribution in [2.45, 2.75) is 26.3 Å². The number of pyridine rings is 1. The van der Waals surface area contributed by atoms with E-state index in [0.29, 0.717) is 31.0 Å². The maximum absolute atomic E-state index is 12.5. The Labute approximate surface area is 187 Å². The molecular weight excluding hydrogens is 406 g/mol. The summed E-state index contributed by atoms with van der Waals surface area (Å²) in [5.41, 5.74) is 3.32. The van der Waals surface area contributed by atoms with Crippen LogP contribution in [0.4, 0.5) is 11.4 Å². The number of H-pyrrole nitrogens is 1. The van der Waals surface area contributed by atoms with Crippen LogP contribution in [0.25, 0.3) is 10.9 Å². The number of methoxy groups -OCH3 is 1. The lowest BCUT2D eigenvalue weighted by Gasteiger charge is -2.33. The normalized spacial score (nSPS) is 16.1. The minimum Gasteiger partial charge on any atom is -0.497 e. The van der Waals surface area contributed by atoms with Crippen LogP contribution < -0.4 is 20.5 Å². The molecule has 0 radical (unpaired) electrons. The zero-order chi connectivity index (χ0) is 22.5. The van der Waals surface area contributed by atoms with Crippen LogP contribution in [-0.4, -0.2) is 37.8 Å². The van der Waals surface area contributed by atoms with Gasteiger partial charge in [0.1, 0.15) is 5.75 Å². The number of aromatic nitrogens is 1. The summed E-state index contributed by atoms with van der Waals surface area (Å²) in [6.07, 6.45) is 1.85. The Kier molecular flexibility index (Phi) is 6.63. The van der Waals surface area contributed by atoms with Crippen molar-refractivity contribution in [3.05, 3.63) is 64.4 Å². The van der Waals surface area contributed by atoms with Gasteiger partial charge in [0.05, 0.1) is 25.2 Å². The Bertz CT molecular complexity index is 1140. The van der Waals surface area contributed by atoms with Gasteiger partial charge in [0, 0.05) is 42.6 Å². The number of carbonyl (C=O) groups is 1. The van der Waals surface area contributed by atoms with Crippen molar-refractivity contribution in [3.8, 4) is 5.75 Å². The van der Waals surface area contributed by atoms with Gasteiger partial charge >= 0.3 is 5.97 Å². The molecule has 2 N–H and O–H groups in total. The van der Waals surface area contributed by atoms with E-state index in [-0.39, 0.29) is 17.4 Å². The van der Waals surface area contributed by atoms with Gasteiger partial charge in [-0.1, -0.05) is 0 Å². The first-order chi connectivity index (χ1) is 15.6. The van der Waals surface area contributed by atoms with Crippen molar-refractivity contribution >= 4 is 28.2 Å². The molecule has 0 bridgehead atoms. The summed E-state index contributed by atoms with van der Waals surface area (Å²) in [5, 5.41) is 4.28. The second-order valence-corrected chi connectivity index (χ2v) is 8.01. The summed E-state index contributed by atoms with van der Waals surface area (Å²) in [7, 11) is 1.60. The van der Waals surface area contributed by atoms with Crippen molar-refractivity contribution < 1.29 is 14.3 Å². The van der Waals surface area contributed by atoms with E-state index >= 15 is 0 Å². The standard InChI is InChI=1S/C25H29N3O4/c1-3-32-25(30)18-5-4-12-28(16-18)21-9-7-20(8-10-21)26-15-19-13-17-6-11-22(31-2)14-23(17)27-24(19)29/h6-11,13-14,18,26H,3-5,12,15-16H2,1-2H3,(H,27,29)/t18-/m1/s1. The van der Waals surface area contributed by atoms with Crippen molar-refractivity contribution in [2.24, 2.45) is 5.92 Å². The van der Waals surface area contributed by atoms with Gasteiger partial charge in [-0.15, -0.1) is 0 Å². The van der Waals surface area contributed by atoms with Gasteiger partial charge in [-0.3, -0.25) is 9.59 Å². The summed E-state index contributed by atoms with van der Waals surface area (Å²) in [4.78, 5) is 29.7. The van der Waals surface area contributed by atoms with Gasteiger partial charge in [0.2, 0.25) is 0 Å². The van der Waals surface area contributed by atoms with E-state index in [2.05, 4.69) is 15.2 Å². The molecule has 0 unspecified atom stereocenters. The van der Waals surface area contributed by atoms with Crippen LogP contribution in [0.2, 0.25) is 0 Å². The highest BCUT2D eigenvalue weighted by Gasteiger charge is 2.26. The highest BCUT2D eigenvalue weighted by Crippen LogP contribution is 2.25. The Hall–Kier alpha value is -3.48. The number of carbonyl (C=O) groups excluding carboxylic acids is 1. The molecule has 168 valence electrons. The Balaban J connectivity index is 1.40. The monoisotopic (exact) mass is 435 g/mol. The van der Waals surface area contributed by atoms with E-state index in [0.717, 1.165) is 41.7 Å². The van der Waals surface area contributed by atoms with Crippen LogP contribution in [0.3, 0.4) is 0 Å². The van der Waals surface area contributed by atoms with Crippen LogP contribution >= 0.6 is 0 Å². The minimum absolute atomic E-state index is 0.0684. The fourth-order valence-corrected chi connectivity index (χ4v) is 4.14. The quantitative estimate of drug-likeness (QED) is 0.547. The third kappa shape index (κ3) is 4.88. The molecule has 1 aliphatic heterocycles. The number of hydrogen-bond donors (Lipinski definition) is 2. The van der Waals surface area contributed by atoms with E-state index in [4.69, 9.17) is 9.47 Å². The van der Waals surface area contributed by atoms with E-state index < -0.39 is 0 Å². The number of nitrogens with zero attached hydrogens (tertiary/aromatic N) is 1. The fourth-order valence-electron chi connectivity index (χ4n) is 4.14. The molecule has 1 saturated heterocycles. The van der Waals surface area contributed by atoms with Crippen molar-refractivity contribution in [1.82, 2.24) is 4.98 Å². The third-order valence-corrected chi connectivity index (χ3v) is 5.89. The second kappa shape index (κ2) is 9.77. The highest BCUT2D eigenvalue weighted by molar-refractivity contribution is 5.80. The van der Waals surface area contributed by atoms with E-state index in [9.17, 15) is 9.59 Å². The highest BCUT2D eigenvalue weighted by atomic mass is 16.5. The summed E-state index contributed by atoms with van der Waals surface area (Å²) in [6, 6.07) is 15.6. The largest absolute Gasteiger partial charge is 0.497 e. The topological polar surface area (TPSA) is 83.7 Å². The fraction of sp³-hybridized carbons (Fsp3) is 0.360. The third-order valence-electron chi connectivity index (χ3n) is 5.89. The lowest BCUT2D eigenvalue weighted by molar-refractivity contribution is -0.148. The molecule has 0 saturated carbocycles. The maximum atomic E-state index is 12.5. The molecule has 3 aromatic rings. The molecule has 2 heterocycles. The van der Waals surface area contributed by atoms with Crippen LogP contribution in [0.1, 0.15) is 25.3 Å². The maximum Gasteiger partial charge on any atom is 0.310 e. The van der Waals surface area contributed by atoms with Crippen molar-refractivity contribution in [3.63, 3.8) is 0 Å². The molecule has 0 aliphatic carbocycles. The first kappa shape index (κ1) is 21.7. The van der Waals surface area contributed by atoms with Gasteiger partial charge in [-0.2, -0.15) is 0 Å². The average Bonchev–Trinajstić information content (AvgIpc) is 2.83. The SMILES string of the molecule is CCOC(=O)[C@@H]1CCCN(c2ccc(NCc3cc4ccc(OC)cc4[nH]c3=O)cc2)C1. The molecular formula is C25H29N3O4. The number of anilines is 2. The molecule has 32 heavy (non-hydrogen) atoms. The Morgan fingerprint density at radius 2 is 2.00 bits per heavy atom. The molecule has 1 aliphatic rings. The lowest BCUT2D eigenvalue weighted by atomic mass is 9.97. The lowest BCUT2D eigenvalue weighted by Crippen LogP contribution is -2.39. The average molecular weight is 436 g/mol. The molecule has 4 rings (SSSR count). The van der Waals surface area contributed by atoms with Crippen molar-refractivity contribution in [1.29, 1.82) is 0 Å². The van der Waals surface area contributed by atoms with Crippen molar-refractivity contribution in [2.75, 3.05) is 37.0 Å². The molecule has 1 aromatic heterocycles. The molecule has 0 amide bonds. The van der Waals surface area contributed by atoms with Crippen LogP contribution in [-0.2, 0) is 16.1 Å². The van der Waals surface area contributed by atoms with Crippen LogP contribution in [0.5, 0.6) is 5.75 Å². The Morgan fingerprint density at radius 1 is 1.19 bits per heavy atom. The van der Waals surface area contributed by atoms with E-state index in [1.165, 1.54) is 0 Å². The van der Waals surface area contributed by atoms with E-state index in [1.807, 2.05) is 55.5 Å². The number of benzene rings is 2. The molecule has 1 fully saturated rings. The molecule has 7 heteroatoms. The van der Waals surface area contributed by atoms with Gasteiger partial charge < -0.3 is 24.7 Å². The molecule has 0 spiro atoms. The number of rotatable bonds is 7. The molecule has 2 aromatic carbocycles. The first-order valence-corrected chi connectivity index (χ1v) is 11.0. The number of hydrogen-bond acceptors (Lipinski definition) is 6. The number of fused-ring (bicyclic) bond motifs is 1. The zero-order valence-corrected chi connectivity index (χ0v) is 18.5. The smallest absolute Gasteiger partial charge is 0.310 e. The predicted molar refractivity (Wildman–Crippen MR) is 126 cm³/mol. The number of esters is 1. The first-order valence-electron chi connectivity index (χ1n) is 11.0. The van der Waals surface area contributed by atoms with Gasteiger partial charge in [-0.05, 0) is 67.6 Å². The number of aromatic amines is 1. The minimum atomic E-state index is -0.117. The summed E-state index contributed by atoms with van der Waals surface area (Å²) < 4.78 is 10.4. The summed E-state index contributed by atoms with van der Waals surface area (Å²) in [6.45, 7) is 4.30. The second-order valence-electron chi connectivity index (χ2n) is 8.01. The van der Waals surface area contributed by atoms with Crippen LogP contribution in [0.15, 0.2) is 53.3 Å². The number of piperidine rings is 1. The van der Waals surface area contributed by atoms with Crippen LogP contribution in [0, 0.1) is 5.92 Å². The molecule has 7 nitrogen and oxygen atoms in total. The van der Waals surface area contributed by atoms with Gasteiger partial charge in [-0.25, -0.2) is 0 Å². The van der Waals surface area contributed by atoms with E-state index in [1.54, 1.807) is 7.11 Å². The molecule has 1 atom stereocenters. The van der Waals surface area contributed by atoms with Gasteiger partial charge in [0.15, 0.2) is 0 Å². The number of ether oxygens (including phenoxy) is 2. The summed E-state index contributed by atoms with van der Waals surface area (Å²) in [5.74, 6) is 0.539.